The molecule has 3 rings (SSSR count). The summed E-state index contributed by atoms with van der Waals surface area (Å²) in [5, 5.41) is 11.1. The monoisotopic (exact) mass is 353 g/mol. The van der Waals surface area contributed by atoms with Crippen LogP contribution >= 0.6 is 0 Å². The Labute approximate surface area is 153 Å². The lowest BCUT2D eigenvalue weighted by Crippen LogP contribution is -2.51. The van der Waals surface area contributed by atoms with Gasteiger partial charge < -0.3 is 10.1 Å². The molecule has 0 radical (unpaired) electrons. The van der Waals surface area contributed by atoms with Crippen molar-refractivity contribution >= 4 is 11.9 Å². The lowest BCUT2D eigenvalue weighted by molar-refractivity contribution is -0.154. The summed E-state index contributed by atoms with van der Waals surface area (Å²) in [6.07, 6.45) is 8.50. The first-order chi connectivity index (χ1) is 12.6. The number of nitrogens with one attached hydrogen (secondary N) is 1. The smallest absolute Gasteiger partial charge is 0.336 e. The van der Waals surface area contributed by atoms with Gasteiger partial charge >= 0.3 is 5.97 Å². The maximum absolute atomic E-state index is 12.7. The SMILES string of the molecule is C#CCCC1(CCC(=O)NC2(C(=O)OCC)CCc3ccccc32)N=N1. The molecule has 0 saturated heterocycles. The molecule has 1 N–H and O–H groups in total. The van der Waals surface area contributed by atoms with Gasteiger partial charge in [0.2, 0.25) is 5.91 Å². The topological polar surface area (TPSA) is 80.1 Å². The first-order valence-corrected chi connectivity index (χ1v) is 8.99. The summed E-state index contributed by atoms with van der Waals surface area (Å²) in [7, 11) is 0. The molecule has 6 nitrogen and oxygen atoms in total. The van der Waals surface area contributed by atoms with E-state index in [2.05, 4.69) is 21.5 Å². The summed E-state index contributed by atoms with van der Waals surface area (Å²) < 4.78 is 5.28. The van der Waals surface area contributed by atoms with E-state index in [0.29, 0.717) is 25.7 Å². The van der Waals surface area contributed by atoms with Gasteiger partial charge in [-0.15, -0.1) is 12.3 Å². The summed E-state index contributed by atoms with van der Waals surface area (Å²) in [4.78, 5) is 25.4. The van der Waals surface area contributed by atoms with E-state index >= 15 is 0 Å². The summed E-state index contributed by atoms with van der Waals surface area (Å²) >= 11 is 0. The van der Waals surface area contributed by atoms with Crippen LogP contribution in [0.3, 0.4) is 0 Å². The number of nitrogens with zero attached hydrogens (tertiary/aromatic N) is 2. The number of esters is 1. The molecule has 1 aliphatic heterocycles. The van der Waals surface area contributed by atoms with E-state index in [4.69, 9.17) is 11.2 Å². The Kier molecular flexibility index (Phi) is 5.08. The Morgan fingerprint density at radius 3 is 2.77 bits per heavy atom. The summed E-state index contributed by atoms with van der Waals surface area (Å²) in [5.41, 5.74) is 0.287. The molecule has 2 aliphatic rings. The maximum atomic E-state index is 12.7. The number of amides is 1. The van der Waals surface area contributed by atoms with Crippen LogP contribution in [-0.2, 0) is 26.3 Å². The molecule has 0 saturated carbocycles. The lowest BCUT2D eigenvalue weighted by atomic mass is 9.91. The van der Waals surface area contributed by atoms with Crippen LogP contribution in [-0.4, -0.2) is 24.1 Å². The third kappa shape index (κ3) is 3.48. The molecule has 0 fully saturated rings. The van der Waals surface area contributed by atoms with E-state index in [-0.39, 0.29) is 18.9 Å². The Hall–Kier alpha value is -2.68. The van der Waals surface area contributed by atoms with Crippen molar-refractivity contribution in [1.29, 1.82) is 0 Å². The molecule has 1 aromatic carbocycles. The number of carbonyl (C=O) groups excluding carboxylic acids is 2. The number of carbonyl (C=O) groups is 2. The van der Waals surface area contributed by atoms with Gasteiger partial charge in [0.15, 0.2) is 11.2 Å². The average molecular weight is 353 g/mol. The summed E-state index contributed by atoms with van der Waals surface area (Å²) in [6, 6.07) is 7.69. The first kappa shape index (κ1) is 18.1. The van der Waals surface area contributed by atoms with Gasteiger partial charge in [0.25, 0.3) is 0 Å². The molecule has 1 unspecified atom stereocenters. The Morgan fingerprint density at radius 1 is 1.31 bits per heavy atom. The molecule has 0 aromatic heterocycles. The highest BCUT2D eigenvalue weighted by molar-refractivity contribution is 5.90. The van der Waals surface area contributed by atoms with Crippen LogP contribution < -0.4 is 5.32 Å². The molecular weight excluding hydrogens is 330 g/mol. The molecule has 1 aliphatic carbocycles. The van der Waals surface area contributed by atoms with Crippen molar-refractivity contribution in [3.8, 4) is 12.3 Å². The fourth-order valence-corrected chi connectivity index (χ4v) is 3.54. The second-order valence-corrected chi connectivity index (χ2v) is 6.72. The highest BCUT2D eigenvalue weighted by Gasteiger charge is 2.48. The van der Waals surface area contributed by atoms with Gasteiger partial charge in [-0.05, 0) is 30.9 Å². The van der Waals surface area contributed by atoms with Crippen molar-refractivity contribution in [1.82, 2.24) is 5.32 Å². The molecular formula is C20H23N3O3. The number of fused-ring (bicyclic) bond motifs is 1. The van der Waals surface area contributed by atoms with Gasteiger partial charge in [0, 0.05) is 25.7 Å². The Morgan fingerprint density at radius 2 is 2.08 bits per heavy atom. The zero-order valence-corrected chi connectivity index (χ0v) is 15.0. The van der Waals surface area contributed by atoms with Gasteiger partial charge in [-0.3, -0.25) is 4.79 Å². The highest BCUT2D eigenvalue weighted by atomic mass is 16.5. The van der Waals surface area contributed by atoms with Crippen LogP contribution in [0.15, 0.2) is 34.5 Å². The predicted molar refractivity (Wildman–Crippen MR) is 96.1 cm³/mol. The van der Waals surface area contributed by atoms with E-state index in [1.54, 1.807) is 6.92 Å². The number of ether oxygens (including phenoxy) is 1. The third-order valence-electron chi connectivity index (χ3n) is 5.03. The highest BCUT2D eigenvalue weighted by Crippen LogP contribution is 2.40. The van der Waals surface area contributed by atoms with Crippen molar-refractivity contribution in [2.45, 2.75) is 56.7 Å². The molecule has 1 amide bonds. The molecule has 26 heavy (non-hydrogen) atoms. The fourth-order valence-electron chi connectivity index (χ4n) is 3.54. The first-order valence-electron chi connectivity index (χ1n) is 8.99. The minimum absolute atomic E-state index is 0.202. The van der Waals surface area contributed by atoms with Crippen LogP contribution in [0.4, 0.5) is 0 Å². The maximum Gasteiger partial charge on any atom is 0.336 e. The molecule has 0 bridgehead atoms. The lowest BCUT2D eigenvalue weighted by Gasteiger charge is -2.29. The zero-order valence-electron chi connectivity index (χ0n) is 15.0. The van der Waals surface area contributed by atoms with Gasteiger partial charge in [-0.2, -0.15) is 10.2 Å². The van der Waals surface area contributed by atoms with E-state index in [1.165, 1.54) is 0 Å². The van der Waals surface area contributed by atoms with E-state index < -0.39 is 17.2 Å². The number of aryl methyl sites for hydroxylation is 1. The second kappa shape index (κ2) is 7.28. The molecule has 0 spiro atoms. The normalized spacial score (nSPS) is 21.5. The minimum Gasteiger partial charge on any atom is -0.464 e. The number of rotatable bonds is 8. The quantitative estimate of drug-likeness (QED) is 0.576. The Bertz CT molecular complexity index is 775. The molecule has 6 heteroatoms. The number of benzene rings is 1. The molecule has 1 heterocycles. The van der Waals surface area contributed by atoms with Crippen LogP contribution in [0.1, 0.15) is 50.2 Å². The van der Waals surface area contributed by atoms with Gasteiger partial charge in [0.1, 0.15) is 0 Å². The van der Waals surface area contributed by atoms with Crippen molar-refractivity contribution in [2.24, 2.45) is 10.2 Å². The standard InChI is InChI=1S/C20H23N3O3/c1-3-5-12-19(22-23-19)13-11-17(24)21-20(18(25)26-4-2)14-10-15-8-6-7-9-16(15)20/h1,6-9H,4-5,10-14H2,2H3,(H,21,24). The van der Waals surface area contributed by atoms with Gasteiger partial charge in [0.05, 0.1) is 6.61 Å². The van der Waals surface area contributed by atoms with Crippen LogP contribution in [0.5, 0.6) is 0 Å². The van der Waals surface area contributed by atoms with Crippen molar-refractivity contribution in [3.05, 3.63) is 35.4 Å². The van der Waals surface area contributed by atoms with Gasteiger partial charge in [-0.25, -0.2) is 4.79 Å². The van der Waals surface area contributed by atoms with E-state index in [1.807, 2.05) is 24.3 Å². The van der Waals surface area contributed by atoms with Crippen LogP contribution in [0.25, 0.3) is 0 Å². The van der Waals surface area contributed by atoms with Crippen molar-refractivity contribution in [2.75, 3.05) is 6.61 Å². The summed E-state index contributed by atoms with van der Waals surface area (Å²) in [6.45, 7) is 2.03. The zero-order chi connectivity index (χ0) is 18.6. The number of hydrogen-bond acceptors (Lipinski definition) is 5. The predicted octanol–water partition coefficient (Wildman–Crippen LogP) is 2.86. The number of terminal acetylenes is 1. The van der Waals surface area contributed by atoms with E-state index in [9.17, 15) is 9.59 Å². The molecule has 1 atom stereocenters. The van der Waals surface area contributed by atoms with Crippen LogP contribution in [0.2, 0.25) is 0 Å². The van der Waals surface area contributed by atoms with Gasteiger partial charge in [-0.1, -0.05) is 24.3 Å². The van der Waals surface area contributed by atoms with Crippen molar-refractivity contribution in [3.63, 3.8) is 0 Å². The molecule has 1 aromatic rings. The minimum atomic E-state index is -1.10. The van der Waals surface area contributed by atoms with Crippen molar-refractivity contribution < 1.29 is 14.3 Å². The second-order valence-electron chi connectivity index (χ2n) is 6.72. The number of hydrogen-bond donors (Lipinski definition) is 1. The average Bonchev–Trinajstić information content (AvgIpc) is 3.33. The third-order valence-corrected chi connectivity index (χ3v) is 5.03. The fraction of sp³-hybridized carbons (Fsp3) is 0.500. The molecule has 136 valence electrons. The van der Waals surface area contributed by atoms with E-state index in [0.717, 1.165) is 17.5 Å². The Balaban J connectivity index is 1.71. The largest absolute Gasteiger partial charge is 0.464 e. The van der Waals surface area contributed by atoms with Crippen LogP contribution in [0, 0.1) is 12.3 Å². The summed E-state index contributed by atoms with van der Waals surface area (Å²) in [5.74, 6) is 1.97.